The number of piperidine rings is 1. The molecule has 2 atom stereocenters. The summed E-state index contributed by atoms with van der Waals surface area (Å²) in [5.74, 6) is 1.38. The zero-order valence-electron chi connectivity index (χ0n) is 13.2. The van der Waals surface area contributed by atoms with Gasteiger partial charge in [-0.05, 0) is 31.4 Å². The Morgan fingerprint density at radius 3 is 2.76 bits per heavy atom. The van der Waals surface area contributed by atoms with Crippen LogP contribution < -0.4 is 16.0 Å². The van der Waals surface area contributed by atoms with Crippen molar-refractivity contribution >= 4 is 39.7 Å². The fourth-order valence-corrected chi connectivity index (χ4v) is 4.81. The standard InChI is InChI=1S/C15H25N3OS2/c1-5-17-14(19)12-11(16)13(20-4)15(21-12)18-7-6-9(2)10(3)8-18/h9-10H,5-8,16H2,1-4H3,(H,17,19). The topological polar surface area (TPSA) is 58.4 Å². The van der Waals surface area contributed by atoms with Crippen LogP contribution in [0.1, 0.15) is 36.9 Å². The lowest BCUT2D eigenvalue weighted by Crippen LogP contribution is -2.38. The first-order chi connectivity index (χ1) is 9.99. The van der Waals surface area contributed by atoms with Gasteiger partial charge in [-0.2, -0.15) is 0 Å². The Balaban J connectivity index is 2.31. The molecule has 1 saturated heterocycles. The third-order valence-corrected chi connectivity index (χ3v) is 6.47. The molecule has 21 heavy (non-hydrogen) atoms. The lowest BCUT2D eigenvalue weighted by atomic mass is 9.89. The molecular formula is C15H25N3OS2. The molecule has 3 N–H and O–H groups in total. The Morgan fingerprint density at radius 1 is 1.48 bits per heavy atom. The summed E-state index contributed by atoms with van der Waals surface area (Å²) in [7, 11) is 0. The predicted molar refractivity (Wildman–Crippen MR) is 93.7 cm³/mol. The lowest BCUT2D eigenvalue weighted by Gasteiger charge is -2.36. The van der Waals surface area contributed by atoms with Crippen LogP contribution in [-0.4, -0.2) is 31.8 Å². The number of rotatable bonds is 4. The third-order valence-electron chi connectivity index (χ3n) is 4.25. The van der Waals surface area contributed by atoms with E-state index in [0.717, 1.165) is 23.9 Å². The Kier molecular flexibility index (Phi) is 5.43. The highest BCUT2D eigenvalue weighted by Gasteiger charge is 2.28. The molecule has 0 saturated carbocycles. The maximum Gasteiger partial charge on any atom is 0.263 e. The second kappa shape index (κ2) is 6.92. The monoisotopic (exact) mass is 327 g/mol. The van der Waals surface area contributed by atoms with E-state index in [9.17, 15) is 4.79 Å². The van der Waals surface area contributed by atoms with E-state index in [-0.39, 0.29) is 5.91 Å². The molecule has 2 unspecified atom stereocenters. The van der Waals surface area contributed by atoms with E-state index >= 15 is 0 Å². The number of amides is 1. The minimum Gasteiger partial charge on any atom is -0.396 e. The molecule has 1 fully saturated rings. The van der Waals surface area contributed by atoms with Gasteiger partial charge in [-0.25, -0.2) is 0 Å². The number of hydrogen-bond acceptors (Lipinski definition) is 5. The maximum absolute atomic E-state index is 12.1. The average Bonchev–Trinajstić information content (AvgIpc) is 2.79. The van der Waals surface area contributed by atoms with Crippen LogP contribution in [0.2, 0.25) is 0 Å². The zero-order valence-corrected chi connectivity index (χ0v) is 14.9. The van der Waals surface area contributed by atoms with Crippen molar-refractivity contribution in [3.8, 4) is 0 Å². The van der Waals surface area contributed by atoms with Crippen LogP contribution in [0.15, 0.2) is 4.90 Å². The van der Waals surface area contributed by atoms with Gasteiger partial charge in [-0.15, -0.1) is 23.1 Å². The van der Waals surface area contributed by atoms with Gasteiger partial charge in [0.05, 0.1) is 10.6 Å². The molecule has 2 heterocycles. The molecule has 4 nitrogen and oxygen atoms in total. The number of nitrogens with one attached hydrogen (secondary N) is 1. The van der Waals surface area contributed by atoms with Crippen molar-refractivity contribution in [2.24, 2.45) is 11.8 Å². The summed E-state index contributed by atoms with van der Waals surface area (Å²) in [6, 6.07) is 0. The number of nitrogens with two attached hydrogens (primary N) is 1. The van der Waals surface area contributed by atoms with E-state index in [4.69, 9.17) is 5.73 Å². The van der Waals surface area contributed by atoms with Gasteiger partial charge >= 0.3 is 0 Å². The van der Waals surface area contributed by atoms with Gasteiger partial charge in [0, 0.05) is 19.6 Å². The second-order valence-corrected chi connectivity index (χ2v) is 7.55. The van der Waals surface area contributed by atoms with Crippen molar-refractivity contribution in [2.75, 3.05) is 36.5 Å². The van der Waals surface area contributed by atoms with Gasteiger partial charge in [0.2, 0.25) is 0 Å². The predicted octanol–water partition coefficient (Wildman–Crippen LogP) is 3.28. The third kappa shape index (κ3) is 3.31. The van der Waals surface area contributed by atoms with Crippen LogP contribution in [0.25, 0.3) is 0 Å². The molecule has 2 rings (SSSR count). The summed E-state index contributed by atoms with van der Waals surface area (Å²) in [5, 5.41) is 4.02. The Morgan fingerprint density at radius 2 is 2.19 bits per heavy atom. The number of thiophene rings is 1. The first-order valence-electron chi connectivity index (χ1n) is 7.48. The molecule has 1 aliphatic heterocycles. The first-order valence-corrected chi connectivity index (χ1v) is 9.53. The van der Waals surface area contributed by atoms with Crippen LogP contribution in [-0.2, 0) is 0 Å². The minimum absolute atomic E-state index is 0.0556. The SMILES string of the molecule is CCNC(=O)c1sc(N2CCC(C)C(C)C2)c(SC)c1N. The molecule has 0 aliphatic carbocycles. The van der Waals surface area contributed by atoms with Gasteiger partial charge in [-0.3, -0.25) is 4.79 Å². The number of nitrogen functional groups attached to an aromatic ring is 1. The second-order valence-electron chi connectivity index (χ2n) is 5.73. The van der Waals surface area contributed by atoms with Crippen molar-refractivity contribution < 1.29 is 4.79 Å². The summed E-state index contributed by atoms with van der Waals surface area (Å²) in [4.78, 5) is 16.3. The fourth-order valence-electron chi connectivity index (χ4n) is 2.68. The molecule has 1 aromatic rings. The summed E-state index contributed by atoms with van der Waals surface area (Å²) in [6.45, 7) is 9.26. The first kappa shape index (κ1) is 16.5. The normalized spacial score (nSPS) is 22.4. The summed E-state index contributed by atoms with van der Waals surface area (Å²) in [6.07, 6.45) is 3.22. The van der Waals surface area contributed by atoms with Gasteiger partial charge in [0.1, 0.15) is 9.88 Å². The highest BCUT2D eigenvalue weighted by molar-refractivity contribution is 7.99. The Bertz CT molecular complexity index is 515. The number of carbonyl (C=O) groups excluding carboxylic acids is 1. The van der Waals surface area contributed by atoms with Crippen LogP contribution in [0.4, 0.5) is 10.7 Å². The largest absolute Gasteiger partial charge is 0.396 e. The smallest absolute Gasteiger partial charge is 0.263 e. The molecule has 1 amide bonds. The fraction of sp³-hybridized carbons (Fsp3) is 0.667. The molecule has 0 bridgehead atoms. The van der Waals surface area contributed by atoms with Gasteiger partial charge < -0.3 is 16.0 Å². The van der Waals surface area contributed by atoms with Crippen LogP contribution >= 0.6 is 23.1 Å². The number of hydrogen-bond donors (Lipinski definition) is 2. The van der Waals surface area contributed by atoms with Crippen LogP contribution in [0, 0.1) is 11.8 Å². The van der Waals surface area contributed by atoms with Crippen molar-refractivity contribution in [3.63, 3.8) is 0 Å². The molecule has 118 valence electrons. The van der Waals surface area contributed by atoms with E-state index in [1.54, 1.807) is 11.8 Å². The zero-order chi connectivity index (χ0) is 15.6. The Labute approximate surface area is 135 Å². The highest BCUT2D eigenvalue weighted by atomic mass is 32.2. The summed E-state index contributed by atoms with van der Waals surface area (Å²) >= 11 is 3.17. The minimum atomic E-state index is -0.0556. The highest BCUT2D eigenvalue weighted by Crippen LogP contribution is 2.45. The average molecular weight is 328 g/mol. The summed E-state index contributed by atoms with van der Waals surface area (Å²) < 4.78 is 0. The van der Waals surface area contributed by atoms with Gasteiger partial charge in [0.25, 0.3) is 5.91 Å². The molecule has 1 aliphatic rings. The van der Waals surface area contributed by atoms with E-state index in [1.807, 2.05) is 13.2 Å². The van der Waals surface area contributed by atoms with Gasteiger partial charge in [0.15, 0.2) is 0 Å². The van der Waals surface area contributed by atoms with Crippen molar-refractivity contribution in [1.82, 2.24) is 5.32 Å². The molecular weight excluding hydrogens is 302 g/mol. The quantitative estimate of drug-likeness (QED) is 0.833. The molecule has 0 radical (unpaired) electrons. The number of thioether (sulfide) groups is 1. The van der Waals surface area contributed by atoms with Crippen molar-refractivity contribution in [3.05, 3.63) is 4.88 Å². The maximum atomic E-state index is 12.1. The number of anilines is 2. The lowest BCUT2D eigenvalue weighted by molar-refractivity contribution is 0.0960. The summed E-state index contributed by atoms with van der Waals surface area (Å²) in [5.41, 5.74) is 6.86. The van der Waals surface area contributed by atoms with Crippen LogP contribution in [0.5, 0.6) is 0 Å². The molecule has 1 aromatic heterocycles. The van der Waals surface area contributed by atoms with Crippen molar-refractivity contribution in [2.45, 2.75) is 32.1 Å². The number of carbonyl (C=O) groups is 1. The van der Waals surface area contributed by atoms with E-state index < -0.39 is 0 Å². The molecule has 6 heteroatoms. The van der Waals surface area contributed by atoms with Crippen LogP contribution in [0.3, 0.4) is 0 Å². The molecule has 0 spiro atoms. The van der Waals surface area contributed by atoms with Gasteiger partial charge in [-0.1, -0.05) is 13.8 Å². The van der Waals surface area contributed by atoms with Crippen molar-refractivity contribution in [1.29, 1.82) is 0 Å². The van der Waals surface area contributed by atoms with E-state index in [1.165, 1.54) is 22.8 Å². The molecule has 0 aromatic carbocycles. The van der Waals surface area contributed by atoms with E-state index in [2.05, 4.69) is 24.1 Å². The Hall–Kier alpha value is -0.880. The van der Waals surface area contributed by atoms with E-state index in [0.29, 0.717) is 23.0 Å². The number of nitrogens with zero attached hydrogens (tertiary/aromatic N) is 1.